The predicted octanol–water partition coefficient (Wildman–Crippen LogP) is 2.41. The van der Waals surface area contributed by atoms with E-state index in [2.05, 4.69) is 6.92 Å². The van der Waals surface area contributed by atoms with Crippen molar-refractivity contribution >= 4 is 5.84 Å². The number of phenolic OH excluding ortho intramolecular Hbond substituents is 1. The number of amidine groups is 1. The Morgan fingerprint density at radius 3 is 2.73 bits per heavy atom. The van der Waals surface area contributed by atoms with Crippen LogP contribution in [0.1, 0.15) is 37.3 Å². The fourth-order valence-corrected chi connectivity index (χ4v) is 1.67. The molecule has 0 aliphatic rings. The highest BCUT2D eigenvalue weighted by Crippen LogP contribution is 2.22. The number of unbranched alkanes of at least 4 members (excludes halogenated alkanes) is 2. The molecule has 0 saturated heterocycles. The largest absolute Gasteiger partial charge is 0.507 e. The van der Waals surface area contributed by atoms with E-state index in [0.717, 1.165) is 31.2 Å². The molecule has 15 heavy (non-hydrogen) atoms. The minimum absolute atomic E-state index is 0.0559. The number of rotatable bonds is 5. The van der Waals surface area contributed by atoms with Gasteiger partial charge in [-0.3, -0.25) is 5.41 Å². The van der Waals surface area contributed by atoms with Crippen molar-refractivity contribution in [2.24, 2.45) is 5.73 Å². The van der Waals surface area contributed by atoms with E-state index in [0.29, 0.717) is 5.56 Å². The van der Waals surface area contributed by atoms with Gasteiger partial charge in [0.15, 0.2) is 0 Å². The van der Waals surface area contributed by atoms with E-state index in [1.807, 2.05) is 6.07 Å². The standard InChI is InChI=1S/C12H18N2O/c1-2-3-4-6-9-7-5-8-10(15)11(9)12(13)14/h5,7-8,15H,2-4,6H2,1H3,(H3,13,14). The first-order chi connectivity index (χ1) is 7.16. The quantitative estimate of drug-likeness (QED) is 0.393. The molecule has 3 heteroatoms. The Morgan fingerprint density at radius 2 is 2.13 bits per heavy atom. The van der Waals surface area contributed by atoms with Crippen molar-refractivity contribution < 1.29 is 5.11 Å². The lowest BCUT2D eigenvalue weighted by atomic mass is 10.00. The average molecular weight is 206 g/mol. The third-order valence-electron chi connectivity index (χ3n) is 2.45. The van der Waals surface area contributed by atoms with E-state index >= 15 is 0 Å². The van der Waals surface area contributed by atoms with E-state index in [-0.39, 0.29) is 11.6 Å². The molecule has 0 amide bonds. The Hall–Kier alpha value is -1.51. The SMILES string of the molecule is CCCCCc1cccc(O)c1C(=N)N. The molecule has 82 valence electrons. The lowest BCUT2D eigenvalue weighted by Crippen LogP contribution is -2.14. The van der Waals surface area contributed by atoms with E-state index in [1.54, 1.807) is 12.1 Å². The van der Waals surface area contributed by atoms with Crippen LogP contribution in [0.25, 0.3) is 0 Å². The first-order valence-electron chi connectivity index (χ1n) is 5.32. The summed E-state index contributed by atoms with van der Waals surface area (Å²) in [5.74, 6) is 0.0519. The highest BCUT2D eigenvalue weighted by Gasteiger charge is 2.09. The molecule has 0 heterocycles. The molecule has 0 radical (unpaired) electrons. The van der Waals surface area contributed by atoms with Crippen LogP contribution in [0.15, 0.2) is 18.2 Å². The highest BCUT2D eigenvalue weighted by molar-refractivity contribution is 5.98. The maximum absolute atomic E-state index is 9.60. The lowest BCUT2D eigenvalue weighted by molar-refractivity contribution is 0.473. The van der Waals surface area contributed by atoms with Crippen LogP contribution >= 0.6 is 0 Å². The number of hydrogen-bond acceptors (Lipinski definition) is 2. The molecular formula is C12H18N2O. The smallest absolute Gasteiger partial charge is 0.126 e. The van der Waals surface area contributed by atoms with Crippen molar-refractivity contribution in [1.29, 1.82) is 5.41 Å². The monoisotopic (exact) mass is 206 g/mol. The third-order valence-corrected chi connectivity index (χ3v) is 2.45. The molecule has 1 aromatic rings. The Bertz CT molecular complexity index is 347. The summed E-state index contributed by atoms with van der Waals surface area (Å²) in [6.07, 6.45) is 4.26. The van der Waals surface area contributed by atoms with Crippen molar-refractivity contribution in [2.45, 2.75) is 32.6 Å². The molecular weight excluding hydrogens is 188 g/mol. The van der Waals surface area contributed by atoms with Crippen molar-refractivity contribution in [3.05, 3.63) is 29.3 Å². The zero-order valence-electron chi connectivity index (χ0n) is 9.09. The molecule has 0 bridgehead atoms. The number of nitrogen functional groups attached to an aromatic ring is 1. The third kappa shape index (κ3) is 2.98. The van der Waals surface area contributed by atoms with Crippen molar-refractivity contribution in [1.82, 2.24) is 0 Å². The zero-order chi connectivity index (χ0) is 11.3. The fourth-order valence-electron chi connectivity index (χ4n) is 1.67. The van der Waals surface area contributed by atoms with Crippen molar-refractivity contribution in [2.75, 3.05) is 0 Å². The van der Waals surface area contributed by atoms with E-state index in [1.165, 1.54) is 0 Å². The summed E-state index contributed by atoms with van der Waals surface area (Å²) in [6, 6.07) is 5.29. The number of aromatic hydroxyl groups is 1. The van der Waals surface area contributed by atoms with Crippen LogP contribution in [-0.2, 0) is 6.42 Å². The number of nitrogens with two attached hydrogens (primary N) is 1. The lowest BCUT2D eigenvalue weighted by Gasteiger charge is -2.09. The van der Waals surface area contributed by atoms with Crippen LogP contribution in [0.4, 0.5) is 0 Å². The molecule has 0 aliphatic heterocycles. The van der Waals surface area contributed by atoms with Crippen LogP contribution < -0.4 is 5.73 Å². The molecule has 3 nitrogen and oxygen atoms in total. The van der Waals surface area contributed by atoms with Crippen molar-refractivity contribution in [3.63, 3.8) is 0 Å². The average Bonchev–Trinajstić information content (AvgIpc) is 2.17. The van der Waals surface area contributed by atoms with E-state index in [4.69, 9.17) is 11.1 Å². The van der Waals surface area contributed by atoms with E-state index < -0.39 is 0 Å². The highest BCUT2D eigenvalue weighted by atomic mass is 16.3. The zero-order valence-corrected chi connectivity index (χ0v) is 9.09. The van der Waals surface area contributed by atoms with Gasteiger partial charge in [0.1, 0.15) is 11.6 Å². The number of hydrogen-bond donors (Lipinski definition) is 3. The van der Waals surface area contributed by atoms with E-state index in [9.17, 15) is 5.11 Å². The minimum atomic E-state index is -0.0559. The summed E-state index contributed by atoms with van der Waals surface area (Å²) in [5, 5.41) is 17.0. The second-order valence-corrected chi connectivity index (χ2v) is 3.68. The Labute approximate surface area is 90.4 Å². The summed E-state index contributed by atoms with van der Waals surface area (Å²) < 4.78 is 0. The van der Waals surface area contributed by atoms with Gasteiger partial charge in [0.05, 0.1) is 5.56 Å². The Kier molecular flexibility index (Phi) is 4.16. The maximum atomic E-state index is 9.60. The van der Waals surface area contributed by atoms with Gasteiger partial charge in [-0.05, 0) is 24.5 Å². The predicted molar refractivity (Wildman–Crippen MR) is 62.4 cm³/mol. The molecule has 0 unspecified atom stereocenters. The van der Waals surface area contributed by atoms with Gasteiger partial charge in [-0.15, -0.1) is 0 Å². The van der Waals surface area contributed by atoms with Crippen LogP contribution in [0.3, 0.4) is 0 Å². The summed E-state index contributed by atoms with van der Waals surface area (Å²) in [7, 11) is 0. The first-order valence-corrected chi connectivity index (χ1v) is 5.32. The molecule has 0 fully saturated rings. The van der Waals surface area contributed by atoms with Gasteiger partial charge in [0.2, 0.25) is 0 Å². The molecule has 1 aromatic carbocycles. The fraction of sp³-hybridized carbons (Fsp3) is 0.417. The topological polar surface area (TPSA) is 70.1 Å². The normalized spacial score (nSPS) is 10.2. The molecule has 0 saturated carbocycles. The summed E-state index contributed by atoms with van der Waals surface area (Å²) >= 11 is 0. The second-order valence-electron chi connectivity index (χ2n) is 3.68. The van der Waals surface area contributed by atoms with Gasteiger partial charge in [-0.1, -0.05) is 31.9 Å². The van der Waals surface area contributed by atoms with Crippen LogP contribution in [-0.4, -0.2) is 10.9 Å². The molecule has 1 rings (SSSR count). The van der Waals surface area contributed by atoms with Gasteiger partial charge < -0.3 is 10.8 Å². The van der Waals surface area contributed by atoms with Crippen LogP contribution in [0, 0.1) is 5.41 Å². The summed E-state index contributed by atoms with van der Waals surface area (Å²) in [5.41, 5.74) is 6.91. The van der Waals surface area contributed by atoms with Gasteiger partial charge in [-0.25, -0.2) is 0 Å². The summed E-state index contributed by atoms with van der Waals surface area (Å²) in [6.45, 7) is 2.15. The molecule has 0 aliphatic carbocycles. The van der Waals surface area contributed by atoms with Crippen LogP contribution in [0.5, 0.6) is 5.75 Å². The number of benzene rings is 1. The van der Waals surface area contributed by atoms with Crippen LogP contribution in [0.2, 0.25) is 0 Å². The molecule has 4 N–H and O–H groups in total. The number of phenols is 1. The molecule has 0 aromatic heterocycles. The summed E-state index contributed by atoms with van der Waals surface area (Å²) in [4.78, 5) is 0. The molecule has 0 atom stereocenters. The Morgan fingerprint density at radius 1 is 1.40 bits per heavy atom. The maximum Gasteiger partial charge on any atom is 0.126 e. The minimum Gasteiger partial charge on any atom is -0.507 e. The van der Waals surface area contributed by atoms with Gasteiger partial charge in [-0.2, -0.15) is 0 Å². The molecule has 0 spiro atoms. The van der Waals surface area contributed by atoms with Gasteiger partial charge >= 0.3 is 0 Å². The first kappa shape index (κ1) is 11.6. The van der Waals surface area contributed by atoms with Gasteiger partial charge in [0, 0.05) is 0 Å². The van der Waals surface area contributed by atoms with Gasteiger partial charge in [0.25, 0.3) is 0 Å². The second kappa shape index (κ2) is 5.39. The number of nitrogens with one attached hydrogen (secondary N) is 1. The number of aryl methyl sites for hydroxylation is 1. The Balaban J connectivity index is 2.86. The van der Waals surface area contributed by atoms with Crippen molar-refractivity contribution in [3.8, 4) is 5.75 Å².